The van der Waals surface area contributed by atoms with E-state index in [-0.39, 0.29) is 0 Å². The van der Waals surface area contributed by atoms with E-state index < -0.39 is 11.6 Å². The summed E-state index contributed by atoms with van der Waals surface area (Å²) in [6.07, 6.45) is 2.56. The van der Waals surface area contributed by atoms with Gasteiger partial charge in [-0.2, -0.15) is 0 Å². The van der Waals surface area contributed by atoms with Crippen LogP contribution >= 0.6 is 0 Å². The molecule has 0 unspecified atom stereocenters. The summed E-state index contributed by atoms with van der Waals surface area (Å²) < 4.78 is 31.9. The largest absolute Gasteiger partial charge is 0.497 e. The monoisotopic (exact) mass is 274 g/mol. The molecule has 2 aromatic rings. The molecule has 0 heterocycles. The second-order valence-corrected chi connectivity index (χ2v) is 4.42. The van der Waals surface area contributed by atoms with Gasteiger partial charge in [0.2, 0.25) is 0 Å². The lowest BCUT2D eigenvalue weighted by atomic mass is 10.00. The zero-order valence-electron chi connectivity index (χ0n) is 11.5. The summed E-state index contributed by atoms with van der Waals surface area (Å²) in [6, 6.07) is 11.2. The molecule has 0 atom stereocenters. The number of rotatable bonds is 4. The maximum Gasteiger partial charge on any atom is 0.133 e. The first-order chi connectivity index (χ1) is 9.63. The summed E-state index contributed by atoms with van der Waals surface area (Å²) in [5, 5.41) is 0. The third-order valence-corrected chi connectivity index (χ3v) is 3.11. The Hall–Kier alpha value is -2.16. The van der Waals surface area contributed by atoms with E-state index in [1.165, 1.54) is 12.1 Å². The summed E-state index contributed by atoms with van der Waals surface area (Å²) >= 11 is 0. The number of hydrogen-bond acceptors (Lipinski definition) is 1. The van der Waals surface area contributed by atoms with Crippen molar-refractivity contribution in [3.8, 4) is 5.75 Å². The first kappa shape index (κ1) is 14.3. The molecule has 0 amide bonds. The zero-order valence-corrected chi connectivity index (χ0v) is 11.5. The predicted molar refractivity (Wildman–Crippen MR) is 77.5 cm³/mol. The van der Waals surface area contributed by atoms with Crippen LogP contribution in [0.3, 0.4) is 0 Å². The van der Waals surface area contributed by atoms with Crippen LogP contribution in [0.1, 0.15) is 24.5 Å². The lowest BCUT2D eigenvalue weighted by Gasteiger charge is -2.07. The maximum absolute atomic E-state index is 13.8. The van der Waals surface area contributed by atoms with Crippen LogP contribution in [-0.4, -0.2) is 7.11 Å². The van der Waals surface area contributed by atoms with Crippen molar-refractivity contribution in [1.29, 1.82) is 0 Å². The van der Waals surface area contributed by atoms with Crippen molar-refractivity contribution >= 4 is 11.6 Å². The van der Waals surface area contributed by atoms with E-state index in [0.29, 0.717) is 12.0 Å². The van der Waals surface area contributed by atoms with Crippen LogP contribution in [0.5, 0.6) is 5.75 Å². The summed E-state index contributed by atoms with van der Waals surface area (Å²) in [5.41, 5.74) is 2.21. The van der Waals surface area contributed by atoms with Crippen LogP contribution in [0.4, 0.5) is 8.78 Å². The van der Waals surface area contributed by atoms with Gasteiger partial charge in [0.25, 0.3) is 0 Å². The second-order valence-electron chi connectivity index (χ2n) is 4.42. The second kappa shape index (κ2) is 6.33. The van der Waals surface area contributed by atoms with Gasteiger partial charge in [0, 0.05) is 11.6 Å². The number of halogens is 2. The molecule has 0 saturated heterocycles. The Morgan fingerprint density at radius 1 is 1.10 bits per heavy atom. The minimum atomic E-state index is -0.564. The molecule has 0 aliphatic carbocycles. The van der Waals surface area contributed by atoms with E-state index in [2.05, 4.69) is 0 Å². The molecule has 2 rings (SSSR count). The van der Waals surface area contributed by atoms with Gasteiger partial charge in [-0.3, -0.25) is 0 Å². The molecular weight excluding hydrogens is 258 g/mol. The summed E-state index contributed by atoms with van der Waals surface area (Å²) in [7, 11) is 1.61. The van der Waals surface area contributed by atoms with Crippen molar-refractivity contribution in [2.75, 3.05) is 7.11 Å². The quantitative estimate of drug-likeness (QED) is 0.719. The Kier molecular flexibility index (Phi) is 4.51. The van der Waals surface area contributed by atoms with Crippen molar-refractivity contribution in [3.63, 3.8) is 0 Å². The predicted octanol–water partition coefficient (Wildman–Crippen LogP) is 4.92. The van der Waals surface area contributed by atoms with Crippen LogP contribution in [0.15, 0.2) is 42.5 Å². The number of ether oxygens (including phenoxy) is 1. The van der Waals surface area contributed by atoms with Crippen molar-refractivity contribution in [2.24, 2.45) is 0 Å². The van der Waals surface area contributed by atoms with Crippen molar-refractivity contribution in [3.05, 3.63) is 65.2 Å². The van der Waals surface area contributed by atoms with Gasteiger partial charge >= 0.3 is 0 Å². The van der Waals surface area contributed by atoms with Gasteiger partial charge in [0.05, 0.1) is 7.11 Å². The Morgan fingerprint density at radius 2 is 1.80 bits per heavy atom. The van der Waals surface area contributed by atoms with Crippen molar-refractivity contribution < 1.29 is 13.5 Å². The van der Waals surface area contributed by atoms with Crippen molar-refractivity contribution in [2.45, 2.75) is 13.3 Å². The van der Waals surface area contributed by atoms with E-state index in [1.807, 2.05) is 37.3 Å². The van der Waals surface area contributed by atoms with Gasteiger partial charge in [-0.15, -0.1) is 0 Å². The lowest BCUT2D eigenvalue weighted by molar-refractivity contribution is 0.415. The van der Waals surface area contributed by atoms with Crippen LogP contribution in [0.2, 0.25) is 0 Å². The molecule has 0 saturated carbocycles. The molecule has 0 aliphatic heterocycles. The molecule has 0 bridgehead atoms. The number of methoxy groups -OCH3 is 1. The third kappa shape index (κ3) is 3.23. The molecule has 20 heavy (non-hydrogen) atoms. The van der Waals surface area contributed by atoms with E-state index in [4.69, 9.17) is 4.74 Å². The minimum absolute atomic E-state index is 0.435. The Labute approximate surface area is 117 Å². The summed E-state index contributed by atoms with van der Waals surface area (Å²) in [4.78, 5) is 0. The van der Waals surface area contributed by atoms with Gasteiger partial charge in [-0.05, 0) is 41.8 Å². The Morgan fingerprint density at radius 3 is 2.35 bits per heavy atom. The molecular formula is C17H16F2O. The highest BCUT2D eigenvalue weighted by Gasteiger charge is 2.07. The van der Waals surface area contributed by atoms with Gasteiger partial charge in [-0.25, -0.2) is 8.78 Å². The number of benzene rings is 2. The highest BCUT2D eigenvalue weighted by molar-refractivity contribution is 5.81. The zero-order chi connectivity index (χ0) is 14.5. The molecule has 2 aromatic carbocycles. The smallest absolute Gasteiger partial charge is 0.133 e. The number of allylic oxidation sites excluding steroid dienone is 1. The third-order valence-electron chi connectivity index (χ3n) is 3.11. The van der Waals surface area contributed by atoms with Crippen LogP contribution in [0.25, 0.3) is 11.6 Å². The highest BCUT2D eigenvalue weighted by atomic mass is 19.1. The topological polar surface area (TPSA) is 9.23 Å². The molecule has 0 N–H and O–H groups in total. The normalized spacial score (nSPS) is 11.5. The van der Waals surface area contributed by atoms with Crippen LogP contribution < -0.4 is 4.74 Å². The molecule has 104 valence electrons. The SMILES string of the molecule is CCC(=Cc1ccc(OC)cc1)c1ccc(F)cc1F. The van der Waals surface area contributed by atoms with Gasteiger partial charge in [-0.1, -0.05) is 25.1 Å². The number of hydrogen-bond donors (Lipinski definition) is 0. The molecule has 0 spiro atoms. The van der Waals surface area contributed by atoms with Crippen LogP contribution in [-0.2, 0) is 0 Å². The fraction of sp³-hybridized carbons (Fsp3) is 0.176. The maximum atomic E-state index is 13.8. The van der Waals surface area contributed by atoms with E-state index in [1.54, 1.807) is 7.11 Å². The Bertz CT molecular complexity index is 615. The van der Waals surface area contributed by atoms with E-state index in [0.717, 1.165) is 23.0 Å². The van der Waals surface area contributed by atoms with Crippen LogP contribution in [0, 0.1) is 11.6 Å². The fourth-order valence-electron chi connectivity index (χ4n) is 2.02. The first-order valence-corrected chi connectivity index (χ1v) is 6.44. The van der Waals surface area contributed by atoms with Crippen molar-refractivity contribution in [1.82, 2.24) is 0 Å². The van der Waals surface area contributed by atoms with E-state index in [9.17, 15) is 8.78 Å². The summed E-state index contributed by atoms with van der Waals surface area (Å²) in [6.45, 7) is 1.94. The molecule has 0 aromatic heterocycles. The lowest BCUT2D eigenvalue weighted by Crippen LogP contribution is -1.91. The van der Waals surface area contributed by atoms with Gasteiger partial charge in [0.15, 0.2) is 0 Å². The highest BCUT2D eigenvalue weighted by Crippen LogP contribution is 2.25. The van der Waals surface area contributed by atoms with Gasteiger partial charge in [0.1, 0.15) is 17.4 Å². The Balaban J connectivity index is 2.37. The molecule has 0 aliphatic rings. The summed E-state index contributed by atoms with van der Waals surface area (Å²) in [5.74, 6) is -0.328. The average molecular weight is 274 g/mol. The average Bonchev–Trinajstić information content (AvgIpc) is 2.46. The molecule has 3 heteroatoms. The first-order valence-electron chi connectivity index (χ1n) is 6.44. The fourth-order valence-corrected chi connectivity index (χ4v) is 2.02. The molecule has 1 nitrogen and oxygen atoms in total. The van der Waals surface area contributed by atoms with E-state index >= 15 is 0 Å². The van der Waals surface area contributed by atoms with Gasteiger partial charge < -0.3 is 4.74 Å². The molecule has 0 fully saturated rings. The standard InChI is InChI=1S/C17H16F2O/c1-3-13(16-9-6-14(18)11-17(16)19)10-12-4-7-15(20-2)8-5-12/h4-11H,3H2,1-2H3. The minimum Gasteiger partial charge on any atom is -0.497 e. The molecule has 0 radical (unpaired) electrons.